The van der Waals surface area contributed by atoms with E-state index in [4.69, 9.17) is 5.73 Å². The van der Waals surface area contributed by atoms with Crippen molar-refractivity contribution < 1.29 is 0 Å². The second kappa shape index (κ2) is 3.27. The Morgan fingerprint density at radius 1 is 1.08 bits per heavy atom. The van der Waals surface area contributed by atoms with Gasteiger partial charge in [-0.25, -0.2) is 4.98 Å². The zero-order valence-corrected chi connectivity index (χ0v) is 7.07. The van der Waals surface area contributed by atoms with Crippen LogP contribution in [0.2, 0.25) is 0 Å². The lowest BCUT2D eigenvalue weighted by Crippen LogP contribution is -1.90. The average Bonchev–Trinajstić information content (AvgIpc) is 2.19. The Labute approximate surface area is 77.0 Å². The van der Waals surface area contributed by atoms with Crippen molar-refractivity contribution in [1.29, 1.82) is 0 Å². The van der Waals surface area contributed by atoms with Gasteiger partial charge in [0, 0.05) is 5.56 Å². The van der Waals surface area contributed by atoms with E-state index in [1.54, 1.807) is 6.07 Å². The van der Waals surface area contributed by atoms with Crippen LogP contribution in [0.1, 0.15) is 0 Å². The van der Waals surface area contributed by atoms with Gasteiger partial charge in [0.2, 0.25) is 0 Å². The summed E-state index contributed by atoms with van der Waals surface area (Å²) >= 11 is 0. The van der Waals surface area contributed by atoms with Gasteiger partial charge >= 0.3 is 0 Å². The molecule has 63 valence electrons. The summed E-state index contributed by atoms with van der Waals surface area (Å²) in [4.78, 5) is 4.21. The van der Waals surface area contributed by atoms with E-state index in [0.29, 0.717) is 5.82 Å². The molecule has 0 aliphatic carbocycles. The van der Waals surface area contributed by atoms with Crippen molar-refractivity contribution in [1.82, 2.24) is 4.98 Å². The minimum atomic E-state index is 0.547. The lowest BCUT2D eigenvalue weighted by atomic mass is 10.1. The van der Waals surface area contributed by atoms with E-state index in [9.17, 15) is 0 Å². The molecule has 0 aliphatic heterocycles. The largest absolute Gasteiger partial charge is 0.384 e. The predicted octanol–water partition coefficient (Wildman–Crippen LogP) is 2.13. The minimum absolute atomic E-state index is 0.547. The van der Waals surface area contributed by atoms with Crippen LogP contribution in [0.5, 0.6) is 0 Å². The zero-order valence-electron chi connectivity index (χ0n) is 7.07. The van der Waals surface area contributed by atoms with Crippen LogP contribution in [0.4, 0.5) is 5.82 Å². The number of rotatable bonds is 1. The van der Waals surface area contributed by atoms with Crippen molar-refractivity contribution in [3.63, 3.8) is 0 Å². The summed E-state index contributed by atoms with van der Waals surface area (Å²) in [6.45, 7) is 0. The molecule has 1 aromatic carbocycles. The molecule has 0 atom stereocenters. The monoisotopic (exact) mass is 169 g/mol. The normalized spacial score (nSPS) is 9.85. The third-order valence-electron chi connectivity index (χ3n) is 1.78. The van der Waals surface area contributed by atoms with Gasteiger partial charge in [0.25, 0.3) is 0 Å². The molecule has 2 rings (SSSR count). The standard InChI is InChI=1S/C11H9N2/c12-11-8-4-7-10(13-11)9-5-2-1-3-6-9/h2-8H,(H2,12,13). The smallest absolute Gasteiger partial charge is 0.124 e. The van der Waals surface area contributed by atoms with Gasteiger partial charge in [-0.05, 0) is 18.2 Å². The van der Waals surface area contributed by atoms with E-state index in [2.05, 4.69) is 11.1 Å². The first-order valence-corrected chi connectivity index (χ1v) is 4.05. The minimum Gasteiger partial charge on any atom is -0.384 e. The SMILES string of the molecule is Nc1cccc(-c2cc[c]cc2)n1. The molecule has 2 aromatic rings. The molecule has 1 aromatic heterocycles. The van der Waals surface area contributed by atoms with Gasteiger partial charge < -0.3 is 5.73 Å². The molecule has 0 aliphatic rings. The van der Waals surface area contributed by atoms with Crippen molar-refractivity contribution in [2.45, 2.75) is 0 Å². The molecule has 2 nitrogen and oxygen atoms in total. The third kappa shape index (κ3) is 1.67. The highest BCUT2D eigenvalue weighted by atomic mass is 14.8. The van der Waals surface area contributed by atoms with Gasteiger partial charge in [-0.15, -0.1) is 0 Å². The summed E-state index contributed by atoms with van der Waals surface area (Å²) in [5.41, 5.74) is 7.54. The summed E-state index contributed by atoms with van der Waals surface area (Å²) in [7, 11) is 0. The summed E-state index contributed by atoms with van der Waals surface area (Å²) in [5, 5.41) is 0. The van der Waals surface area contributed by atoms with Gasteiger partial charge in [-0.2, -0.15) is 0 Å². The van der Waals surface area contributed by atoms with Crippen LogP contribution in [-0.4, -0.2) is 4.98 Å². The topological polar surface area (TPSA) is 38.9 Å². The molecule has 2 heteroatoms. The zero-order chi connectivity index (χ0) is 9.10. The molecule has 0 unspecified atom stereocenters. The van der Waals surface area contributed by atoms with E-state index >= 15 is 0 Å². The maximum absolute atomic E-state index is 5.58. The Bertz CT molecular complexity index is 396. The molecule has 1 radical (unpaired) electrons. The molecule has 0 bridgehead atoms. The van der Waals surface area contributed by atoms with Crippen molar-refractivity contribution >= 4 is 5.82 Å². The van der Waals surface area contributed by atoms with Gasteiger partial charge in [0.1, 0.15) is 5.82 Å². The Morgan fingerprint density at radius 2 is 1.85 bits per heavy atom. The third-order valence-corrected chi connectivity index (χ3v) is 1.78. The molecular weight excluding hydrogens is 160 g/mol. The van der Waals surface area contributed by atoms with Crippen LogP contribution >= 0.6 is 0 Å². The van der Waals surface area contributed by atoms with Gasteiger partial charge in [0.15, 0.2) is 0 Å². The van der Waals surface area contributed by atoms with Crippen LogP contribution in [0.25, 0.3) is 11.3 Å². The second-order valence-corrected chi connectivity index (χ2v) is 2.74. The van der Waals surface area contributed by atoms with E-state index in [0.717, 1.165) is 11.3 Å². The fourth-order valence-corrected chi connectivity index (χ4v) is 1.17. The first-order chi connectivity index (χ1) is 6.36. The Kier molecular flexibility index (Phi) is 1.96. The van der Waals surface area contributed by atoms with E-state index < -0.39 is 0 Å². The summed E-state index contributed by atoms with van der Waals surface area (Å²) in [6, 6.07) is 16.2. The van der Waals surface area contributed by atoms with Gasteiger partial charge in [-0.1, -0.05) is 30.3 Å². The average molecular weight is 169 g/mol. The summed E-state index contributed by atoms with van der Waals surface area (Å²) in [5.74, 6) is 0.547. The lowest BCUT2D eigenvalue weighted by molar-refractivity contribution is 1.33. The molecule has 13 heavy (non-hydrogen) atoms. The number of nitrogen functional groups attached to an aromatic ring is 1. The summed E-state index contributed by atoms with van der Waals surface area (Å²) < 4.78 is 0. The number of benzene rings is 1. The number of nitrogens with two attached hydrogens (primary N) is 1. The number of pyridine rings is 1. The molecular formula is C11H9N2. The second-order valence-electron chi connectivity index (χ2n) is 2.74. The number of aromatic nitrogens is 1. The van der Waals surface area contributed by atoms with Crippen LogP contribution in [0.3, 0.4) is 0 Å². The number of nitrogens with zero attached hydrogens (tertiary/aromatic N) is 1. The first-order valence-electron chi connectivity index (χ1n) is 4.05. The number of hydrogen-bond donors (Lipinski definition) is 1. The highest BCUT2D eigenvalue weighted by Gasteiger charge is 1.96. The quantitative estimate of drug-likeness (QED) is 0.710. The van der Waals surface area contributed by atoms with E-state index in [-0.39, 0.29) is 0 Å². The maximum Gasteiger partial charge on any atom is 0.124 e. The Morgan fingerprint density at radius 3 is 2.54 bits per heavy atom. The van der Waals surface area contributed by atoms with Gasteiger partial charge in [0.05, 0.1) is 5.69 Å². The fourth-order valence-electron chi connectivity index (χ4n) is 1.17. The molecule has 0 amide bonds. The van der Waals surface area contributed by atoms with Crippen molar-refractivity contribution in [3.8, 4) is 11.3 Å². The van der Waals surface area contributed by atoms with Crippen LogP contribution in [0, 0.1) is 6.07 Å². The molecule has 2 N–H and O–H groups in total. The van der Waals surface area contributed by atoms with Crippen LogP contribution in [0.15, 0.2) is 42.5 Å². The highest BCUT2D eigenvalue weighted by Crippen LogP contribution is 2.16. The number of hydrogen-bond acceptors (Lipinski definition) is 2. The lowest BCUT2D eigenvalue weighted by Gasteiger charge is -2.00. The maximum atomic E-state index is 5.58. The van der Waals surface area contributed by atoms with Crippen molar-refractivity contribution in [2.75, 3.05) is 5.73 Å². The van der Waals surface area contributed by atoms with Crippen molar-refractivity contribution in [3.05, 3.63) is 48.5 Å². The fraction of sp³-hybridized carbons (Fsp3) is 0. The molecule has 0 spiro atoms. The van der Waals surface area contributed by atoms with Crippen LogP contribution in [-0.2, 0) is 0 Å². The van der Waals surface area contributed by atoms with E-state index in [1.807, 2.05) is 36.4 Å². The molecule has 0 saturated carbocycles. The first kappa shape index (κ1) is 7.80. The molecule has 1 heterocycles. The molecule has 0 fully saturated rings. The van der Waals surface area contributed by atoms with Crippen LogP contribution < -0.4 is 5.73 Å². The highest BCUT2D eigenvalue weighted by molar-refractivity contribution is 5.60. The Balaban J connectivity index is 2.48. The molecule has 0 saturated heterocycles. The van der Waals surface area contributed by atoms with E-state index in [1.165, 1.54) is 0 Å². The summed E-state index contributed by atoms with van der Waals surface area (Å²) in [6.07, 6.45) is 0. The van der Waals surface area contributed by atoms with Gasteiger partial charge in [-0.3, -0.25) is 0 Å². The number of anilines is 1. The van der Waals surface area contributed by atoms with Crippen molar-refractivity contribution in [2.24, 2.45) is 0 Å². The Hall–Kier alpha value is -1.83. The predicted molar refractivity (Wildman–Crippen MR) is 52.9 cm³/mol.